The monoisotopic (exact) mass is 800 g/mol. The third kappa shape index (κ3) is 13.6. The van der Waals surface area contributed by atoms with Gasteiger partial charge in [-0.15, -0.1) is 0 Å². The Balaban J connectivity index is 1.63. The zero-order valence-corrected chi connectivity index (χ0v) is 33.4. The first-order chi connectivity index (χ1) is 24.5. The van der Waals surface area contributed by atoms with Gasteiger partial charge in [0.25, 0.3) is 5.91 Å². The Morgan fingerprint density at radius 3 is 2.30 bits per heavy atom. The third-order valence-corrected chi connectivity index (χ3v) is 8.54. The van der Waals surface area contributed by atoms with Crippen LogP contribution in [0.15, 0.2) is 36.4 Å². The van der Waals surface area contributed by atoms with Crippen molar-refractivity contribution < 1.29 is 42.6 Å². The van der Waals surface area contributed by atoms with Gasteiger partial charge in [-0.05, 0) is 85.9 Å². The van der Waals surface area contributed by atoms with Crippen molar-refractivity contribution in [1.82, 2.24) is 20.5 Å². The SMILES string of the molecule is CC(F)C(OC(=O)C(C)(C)/C=C/c1ccc2ccc([C@@H](C)NC(=O)OC(C)(C)C)nc2c1)C(=O)N[C@@H](C)C(=O)N1CCC[C@@H](C(=O)OCC(Cl)(Cl)Cl)C1. The number of esters is 2. The Labute approximate surface area is 324 Å². The van der Waals surface area contributed by atoms with Crippen LogP contribution >= 0.6 is 34.8 Å². The number of piperidine rings is 1. The molecule has 1 aromatic heterocycles. The van der Waals surface area contributed by atoms with Gasteiger partial charge >= 0.3 is 18.0 Å². The first-order valence-corrected chi connectivity index (χ1v) is 18.4. The second-order valence-corrected chi connectivity index (χ2v) is 17.2. The minimum atomic E-state index is -1.90. The van der Waals surface area contributed by atoms with Crippen molar-refractivity contribution in [2.24, 2.45) is 11.3 Å². The van der Waals surface area contributed by atoms with Gasteiger partial charge in [0.2, 0.25) is 15.8 Å². The predicted octanol–water partition coefficient (Wildman–Crippen LogP) is 6.79. The molecule has 1 aliphatic rings. The zero-order valence-electron chi connectivity index (χ0n) is 31.1. The minimum absolute atomic E-state index is 0.0229. The number of halogens is 4. The fraction of sp³-hybridized carbons (Fsp3) is 0.568. The minimum Gasteiger partial charge on any atom is -0.461 e. The molecule has 0 radical (unpaired) electrons. The van der Waals surface area contributed by atoms with E-state index in [2.05, 4.69) is 10.6 Å². The molecule has 53 heavy (non-hydrogen) atoms. The molecule has 0 spiro atoms. The van der Waals surface area contributed by atoms with Crippen LogP contribution in [0.4, 0.5) is 9.18 Å². The summed E-state index contributed by atoms with van der Waals surface area (Å²) in [4.78, 5) is 70.4. The summed E-state index contributed by atoms with van der Waals surface area (Å²) in [6, 6.07) is 7.65. The van der Waals surface area contributed by atoms with E-state index in [0.29, 0.717) is 36.2 Å². The van der Waals surface area contributed by atoms with Crippen LogP contribution in [0.1, 0.15) is 85.5 Å². The Morgan fingerprint density at radius 1 is 1.02 bits per heavy atom. The number of nitrogens with zero attached hydrogens (tertiary/aromatic N) is 2. The van der Waals surface area contributed by atoms with Crippen LogP contribution in [0.3, 0.4) is 0 Å². The number of carbonyl (C=O) groups is 5. The zero-order chi connectivity index (χ0) is 39.9. The molecule has 1 aromatic carbocycles. The molecule has 12 nitrogen and oxygen atoms in total. The molecule has 2 heterocycles. The number of alkyl halides is 4. The lowest BCUT2D eigenvalue weighted by molar-refractivity contribution is -0.166. The van der Waals surface area contributed by atoms with E-state index in [4.69, 9.17) is 54.0 Å². The maximum absolute atomic E-state index is 14.7. The maximum atomic E-state index is 14.7. The Kier molecular flexibility index (Phi) is 14.9. The van der Waals surface area contributed by atoms with Gasteiger partial charge in [-0.25, -0.2) is 9.18 Å². The van der Waals surface area contributed by atoms with Gasteiger partial charge < -0.3 is 29.7 Å². The van der Waals surface area contributed by atoms with E-state index < -0.39 is 81.5 Å². The second kappa shape index (κ2) is 18.1. The van der Waals surface area contributed by atoms with E-state index in [1.54, 1.807) is 53.7 Å². The molecule has 0 bridgehead atoms. The van der Waals surface area contributed by atoms with E-state index in [0.717, 1.165) is 12.3 Å². The number of alkyl carbamates (subject to hydrolysis) is 1. The van der Waals surface area contributed by atoms with Gasteiger partial charge in [0, 0.05) is 18.5 Å². The average Bonchev–Trinajstić information content (AvgIpc) is 3.06. The van der Waals surface area contributed by atoms with Crippen molar-refractivity contribution in [1.29, 1.82) is 0 Å². The molecule has 0 aliphatic carbocycles. The fourth-order valence-electron chi connectivity index (χ4n) is 5.32. The van der Waals surface area contributed by atoms with E-state index in [-0.39, 0.29) is 6.54 Å². The molecular formula is C37H48Cl3FN4O8. The number of ether oxygens (including phenoxy) is 3. The standard InChI is InChI=1S/C37H48Cl3FN4O8/c1-21(41)29(30(46)42-23(3)31(47)45-17-9-10-26(19-45)32(48)51-20-37(38,39)40)52-33(49)36(7,8)16-15-24-11-12-25-13-14-27(44-28(25)18-24)22(2)43-34(50)53-35(4,5)6/h11-16,18,21-23,26,29H,9-10,17,19-20H2,1-8H3,(H,42,46)(H,43,50)/b16-15+/t21?,22-,23+,26-,29?/m1/s1. The number of carbonyl (C=O) groups excluding carboxylic acids is 5. The number of hydrogen-bond donors (Lipinski definition) is 2. The van der Waals surface area contributed by atoms with Crippen molar-refractivity contribution in [2.45, 2.75) is 102 Å². The van der Waals surface area contributed by atoms with E-state index >= 15 is 0 Å². The molecule has 2 unspecified atom stereocenters. The van der Waals surface area contributed by atoms with Crippen LogP contribution < -0.4 is 10.6 Å². The highest BCUT2D eigenvalue weighted by Crippen LogP contribution is 2.28. The van der Waals surface area contributed by atoms with Crippen LogP contribution in [0, 0.1) is 11.3 Å². The van der Waals surface area contributed by atoms with Gasteiger partial charge in [0.15, 0.2) is 0 Å². The molecule has 1 aliphatic heterocycles. The van der Waals surface area contributed by atoms with Crippen molar-refractivity contribution in [3.8, 4) is 0 Å². The molecule has 292 valence electrons. The molecule has 1 saturated heterocycles. The summed E-state index contributed by atoms with van der Waals surface area (Å²) in [5.74, 6) is -3.64. The summed E-state index contributed by atoms with van der Waals surface area (Å²) in [5.41, 5.74) is 0.0317. The smallest absolute Gasteiger partial charge is 0.408 e. The lowest BCUT2D eigenvalue weighted by Crippen LogP contribution is -2.54. The first kappa shape index (κ1) is 43.7. The molecule has 5 atom stereocenters. The average molecular weight is 802 g/mol. The van der Waals surface area contributed by atoms with Crippen LogP contribution in [0.2, 0.25) is 0 Å². The number of rotatable bonds is 12. The fourth-order valence-corrected chi connectivity index (χ4v) is 5.48. The number of pyridine rings is 1. The highest BCUT2D eigenvalue weighted by Gasteiger charge is 2.38. The normalized spacial score (nSPS) is 17.7. The van der Waals surface area contributed by atoms with Gasteiger partial charge in [0.1, 0.15) is 24.4 Å². The summed E-state index contributed by atoms with van der Waals surface area (Å²) in [6.45, 7) is 12.6. The predicted molar refractivity (Wildman–Crippen MR) is 201 cm³/mol. The topological polar surface area (TPSA) is 153 Å². The lowest BCUT2D eigenvalue weighted by atomic mass is 9.92. The third-order valence-electron chi connectivity index (χ3n) is 8.22. The molecule has 1 fully saturated rings. The van der Waals surface area contributed by atoms with Crippen LogP contribution in [-0.2, 0) is 33.4 Å². The Morgan fingerprint density at radius 2 is 1.68 bits per heavy atom. The van der Waals surface area contributed by atoms with Crippen LogP contribution in [-0.4, -0.2) is 87.1 Å². The van der Waals surface area contributed by atoms with Crippen LogP contribution in [0.5, 0.6) is 0 Å². The van der Waals surface area contributed by atoms with E-state index in [1.807, 2.05) is 30.3 Å². The quantitative estimate of drug-likeness (QED) is 0.134. The van der Waals surface area contributed by atoms with Crippen molar-refractivity contribution in [3.63, 3.8) is 0 Å². The molecule has 3 rings (SSSR count). The Hall–Kier alpha value is -3.68. The van der Waals surface area contributed by atoms with Gasteiger partial charge in [0.05, 0.1) is 28.6 Å². The Bertz CT molecular complexity index is 1690. The summed E-state index contributed by atoms with van der Waals surface area (Å²) in [7, 11) is 0. The van der Waals surface area contributed by atoms with Crippen molar-refractivity contribution in [3.05, 3.63) is 47.7 Å². The molecule has 2 aromatic rings. The van der Waals surface area contributed by atoms with Gasteiger partial charge in [-0.3, -0.25) is 24.2 Å². The first-order valence-electron chi connectivity index (χ1n) is 17.2. The summed E-state index contributed by atoms with van der Waals surface area (Å²) >= 11 is 17.0. The lowest BCUT2D eigenvalue weighted by Gasteiger charge is -2.34. The number of hydrogen-bond acceptors (Lipinski definition) is 9. The summed E-state index contributed by atoms with van der Waals surface area (Å²) in [5, 5.41) is 6.07. The van der Waals surface area contributed by atoms with Crippen molar-refractivity contribution >= 4 is 81.6 Å². The highest BCUT2D eigenvalue weighted by atomic mass is 35.6. The second-order valence-electron chi connectivity index (χ2n) is 14.7. The number of fused-ring (bicyclic) bond motifs is 1. The number of likely N-dealkylation sites (tertiary alicyclic amines) is 1. The molecular weight excluding hydrogens is 754 g/mol. The number of nitrogens with one attached hydrogen (secondary N) is 2. The summed E-state index contributed by atoms with van der Waals surface area (Å²) in [6.07, 6.45) is -0.0917. The largest absolute Gasteiger partial charge is 0.461 e. The highest BCUT2D eigenvalue weighted by molar-refractivity contribution is 6.67. The molecule has 3 amide bonds. The number of aromatic nitrogens is 1. The number of benzene rings is 1. The van der Waals surface area contributed by atoms with Crippen molar-refractivity contribution in [2.75, 3.05) is 19.7 Å². The van der Waals surface area contributed by atoms with E-state index in [1.165, 1.54) is 11.8 Å². The van der Waals surface area contributed by atoms with Gasteiger partial charge in [-0.2, -0.15) is 0 Å². The molecule has 16 heteroatoms. The summed E-state index contributed by atoms with van der Waals surface area (Å²) < 4.78 is 28.7. The maximum Gasteiger partial charge on any atom is 0.408 e. The number of amides is 3. The molecule has 2 N–H and O–H groups in total. The van der Waals surface area contributed by atoms with Crippen LogP contribution in [0.25, 0.3) is 17.0 Å². The molecule has 0 saturated carbocycles. The van der Waals surface area contributed by atoms with Gasteiger partial charge in [-0.1, -0.05) is 65.2 Å². The van der Waals surface area contributed by atoms with E-state index in [9.17, 15) is 28.4 Å².